The second kappa shape index (κ2) is 21.6. The summed E-state index contributed by atoms with van der Waals surface area (Å²) in [6, 6.07) is 21.1. The van der Waals surface area contributed by atoms with E-state index in [-0.39, 0.29) is 25.3 Å². The van der Waals surface area contributed by atoms with Crippen LogP contribution in [-0.4, -0.2) is 13.3 Å². The van der Waals surface area contributed by atoms with E-state index in [2.05, 4.69) is 87.8 Å². The number of rotatable bonds is 4. The molecule has 0 fully saturated rings. The molecule has 2 rings (SSSR count). The van der Waals surface area contributed by atoms with Crippen LogP contribution >= 0.6 is 7.92 Å². The summed E-state index contributed by atoms with van der Waals surface area (Å²) in [5, 5.41) is 1.48. The Morgan fingerprint density at radius 3 is 1.62 bits per heavy atom. The van der Waals surface area contributed by atoms with E-state index in [1.165, 1.54) is 10.9 Å². The minimum Gasteiger partial charge on any atom is 0 e. The van der Waals surface area contributed by atoms with Gasteiger partial charge in [-0.05, 0) is 37.0 Å². The first-order chi connectivity index (χ1) is 11.2. The maximum atomic E-state index is 7.50. The van der Waals surface area contributed by atoms with Crippen molar-refractivity contribution in [3.05, 3.63) is 92.2 Å². The van der Waals surface area contributed by atoms with Crippen molar-refractivity contribution in [2.75, 3.05) is 13.3 Å². The summed E-state index contributed by atoms with van der Waals surface area (Å²) in [4.78, 5) is 0. The fraction of sp³-hybridized carbons (Fsp3) is 0.200. The van der Waals surface area contributed by atoms with Crippen LogP contribution in [0.1, 0.15) is 12.0 Å². The SMILES string of the molecule is C=CCCc1ccccc1.CP(C)c1ccccc1.[C-]#[O+].[C-]#[O+].[Cr]. The summed E-state index contributed by atoms with van der Waals surface area (Å²) < 4.78 is 15.0. The maximum absolute atomic E-state index is 7.50. The molecule has 0 aliphatic heterocycles. The molecule has 0 unspecified atom stereocenters. The fourth-order valence-electron chi connectivity index (χ4n) is 1.64. The van der Waals surface area contributed by atoms with Gasteiger partial charge < -0.3 is 0 Å². The van der Waals surface area contributed by atoms with Crippen LogP contribution in [0, 0.1) is 13.3 Å². The van der Waals surface area contributed by atoms with Crippen molar-refractivity contribution < 1.29 is 26.7 Å². The average molecular weight is 378 g/mol. The van der Waals surface area contributed by atoms with Gasteiger partial charge in [-0.25, -0.2) is 0 Å². The topological polar surface area (TPSA) is 39.8 Å². The number of hydrogen-bond donors (Lipinski definition) is 0. The van der Waals surface area contributed by atoms with E-state index < -0.39 is 0 Å². The summed E-state index contributed by atoms with van der Waals surface area (Å²) in [6.45, 7) is 17.2. The van der Waals surface area contributed by atoms with E-state index in [1.807, 2.05) is 12.1 Å². The fourth-order valence-corrected chi connectivity index (χ4v) is 2.41. The molecule has 0 aliphatic rings. The molecule has 0 atom stereocenters. The second-order valence-electron chi connectivity index (χ2n) is 4.54. The summed E-state index contributed by atoms with van der Waals surface area (Å²) in [6.07, 6.45) is 4.14. The van der Waals surface area contributed by atoms with E-state index in [9.17, 15) is 0 Å². The zero-order valence-electron chi connectivity index (χ0n) is 14.1. The first kappa shape index (κ1) is 27.5. The largest absolute Gasteiger partial charge is 0 e. The molecule has 2 aromatic carbocycles. The van der Waals surface area contributed by atoms with Crippen molar-refractivity contribution in [1.82, 2.24) is 0 Å². The van der Waals surface area contributed by atoms with Crippen molar-refractivity contribution in [2.24, 2.45) is 0 Å². The molecular weight excluding hydrogens is 355 g/mol. The molecule has 4 heteroatoms. The molecule has 0 heterocycles. The van der Waals surface area contributed by atoms with Crippen LogP contribution in [0.3, 0.4) is 0 Å². The molecule has 0 radical (unpaired) electrons. The molecule has 126 valence electrons. The van der Waals surface area contributed by atoms with Crippen molar-refractivity contribution in [3.8, 4) is 0 Å². The average Bonchev–Trinajstić information content (AvgIpc) is 2.65. The predicted octanol–water partition coefficient (Wildman–Crippen LogP) is 4.78. The molecule has 0 aromatic heterocycles. The van der Waals surface area contributed by atoms with Gasteiger partial charge in [-0.15, -0.1) is 6.58 Å². The smallest absolute Gasteiger partial charge is 0 e. The summed E-state index contributed by atoms with van der Waals surface area (Å²) in [7, 11) is 0.104. The Kier molecular flexibility index (Phi) is 24.7. The van der Waals surface area contributed by atoms with Gasteiger partial charge >= 0.3 is 22.6 Å². The minimum absolute atomic E-state index is 0. The van der Waals surface area contributed by atoms with Gasteiger partial charge in [0.05, 0.1) is 0 Å². The zero-order valence-corrected chi connectivity index (χ0v) is 16.3. The van der Waals surface area contributed by atoms with Gasteiger partial charge in [-0.2, -0.15) is 0 Å². The molecule has 0 aliphatic carbocycles. The quantitative estimate of drug-likeness (QED) is 0.318. The normalized spacial score (nSPS) is 7.79. The van der Waals surface area contributed by atoms with Gasteiger partial charge in [-0.3, -0.25) is 0 Å². The van der Waals surface area contributed by atoms with Gasteiger partial charge in [-0.1, -0.05) is 74.7 Å². The summed E-state index contributed by atoms with van der Waals surface area (Å²) >= 11 is 0. The Bertz CT molecular complexity index is 531. The predicted molar refractivity (Wildman–Crippen MR) is 97.7 cm³/mol. The molecular formula is C20H23CrO2P. The third kappa shape index (κ3) is 15.5. The maximum Gasteiger partial charge on any atom is 0 e. The molecule has 0 bridgehead atoms. The molecule has 2 aromatic rings. The van der Waals surface area contributed by atoms with Crippen LogP contribution in [0.4, 0.5) is 0 Å². The molecule has 0 saturated carbocycles. The van der Waals surface area contributed by atoms with Crippen LogP contribution < -0.4 is 5.30 Å². The van der Waals surface area contributed by atoms with Crippen molar-refractivity contribution >= 4 is 13.2 Å². The monoisotopic (exact) mass is 378 g/mol. The Labute approximate surface area is 158 Å². The molecule has 24 heavy (non-hydrogen) atoms. The van der Waals surface area contributed by atoms with Gasteiger partial charge in [0.2, 0.25) is 0 Å². The van der Waals surface area contributed by atoms with Crippen LogP contribution in [0.2, 0.25) is 0 Å². The number of hydrogen-bond acceptors (Lipinski definition) is 0. The van der Waals surface area contributed by atoms with Gasteiger partial charge in [0.15, 0.2) is 0 Å². The Morgan fingerprint density at radius 2 is 1.29 bits per heavy atom. The third-order valence-corrected chi connectivity index (χ3v) is 4.08. The number of benzene rings is 2. The first-order valence-electron chi connectivity index (χ1n) is 7.02. The Morgan fingerprint density at radius 1 is 0.875 bits per heavy atom. The standard InChI is InChI=1S/C10H12.C8H11P.2CO.Cr/c1-2-3-7-10-8-5-4-6-9-10;1-9(2)8-6-4-3-5-7-8;2*1-2;/h2,4-6,8-9H,1,3,7H2;3-7H,1-2H3;;;. The van der Waals surface area contributed by atoms with Crippen molar-refractivity contribution in [2.45, 2.75) is 12.8 Å². The Hall–Kier alpha value is -1.38. The molecule has 0 amide bonds. The Balaban J connectivity index is -0.000000295. The van der Waals surface area contributed by atoms with Crippen LogP contribution in [0.5, 0.6) is 0 Å². The van der Waals surface area contributed by atoms with E-state index in [0.717, 1.165) is 12.8 Å². The van der Waals surface area contributed by atoms with Crippen LogP contribution in [0.25, 0.3) is 0 Å². The van der Waals surface area contributed by atoms with E-state index in [4.69, 9.17) is 9.30 Å². The molecule has 0 N–H and O–H groups in total. The zero-order chi connectivity index (χ0) is 17.9. The third-order valence-electron chi connectivity index (χ3n) is 2.75. The molecule has 0 spiro atoms. The first-order valence-corrected chi connectivity index (χ1v) is 9.25. The number of aryl methyl sites for hydroxylation is 1. The summed E-state index contributed by atoms with van der Waals surface area (Å²) in [5.74, 6) is 0. The van der Waals surface area contributed by atoms with Crippen LogP contribution in [0.15, 0.2) is 73.3 Å². The van der Waals surface area contributed by atoms with Crippen molar-refractivity contribution in [1.29, 1.82) is 0 Å². The molecule has 0 saturated heterocycles. The van der Waals surface area contributed by atoms with Crippen molar-refractivity contribution in [3.63, 3.8) is 0 Å². The van der Waals surface area contributed by atoms with Crippen LogP contribution in [-0.2, 0) is 33.1 Å². The van der Waals surface area contributed by atoms with E-state index in [1.54, 1.807) is 0 Å². The van der Waals surface area contributed by atoms with Gasteiger partial charge in [0.25, 0.3) is 0 Å². The van der Waals surface area contributed by atoms with Gasteiger partial charge in [0.1, 0.15) is 0 Å². The molecule has 2 nitrogen and oxygen atoms in total. The van der Waals surface area contributed by atoms with E-state index in [0.29, 0.717) is 0 Å². The second-order valence-corrected chi connectivity index (χ2v) is 6.85. The summed E-state index contributed by atoms with van der Waals surface area (Å²) in [5.41, 5.74) is 1.39. The van der Waals surface area contributed by atoms with E-state index >= 15 is 0 Å². The van der Waals surface area contributed by atoms with Gasteiger partial charge in [0, 0.05) is 17.4 Å². The minimum atomic E-state index is 0. The number of allylic oxidation sites excluding steroid dienone is 1.